The zero-order valence-electron chi connectivity index (χ0n) is 12.3. The van der Waals surface area contributed by atoms with Gasteiger partial charge in [0.1, 0.15) is 17.4 Å². The van der Waals surface area contributed by atoms with Crippen molar-refractivity contribution in [3.63, 3.8) is 0 Å². The van der Waals surface area contributed by atoms with Crippen LogP contribution in [0, 0.1) is 0 Å². The molecule has 0 saturated carbocycles. The van der Waals surface area contributed by atoms with Crippen LogP contribution in [0.2, 0.25) is 0 Å². The van der Waals surface area contributed by atoms with Gasteiger partial charge < -0.3 is 19.6 Å². The number of rotatable bonds is 9. The molecular weight excluding hydrogens is 294 g/mol. The van der Waals surface area contributed by atoms with Gasteiger partial charge in [-0.05, 0) is 32.1 Å². The van der Waals surface area contributed by atoms with Gasteiger partial charge in [-0.1, -0.05) is 0 Å². The van der Waals surface area contributed by atoms with Crippen LogP contribution < -0.4 is 5.73 Å². The molecule has 0 aromatic carbocycles. The van der Waals surface area contributed by atoms with Crippen molar-refractivity contribution in [1.82, 2.24) is 0 Å². The van der Waals surface area contributed by atoms with Crippen molar-refractivity contribution in [1.29, 1.82) is 0 Å². The van der Waals surface area contributed by atoms with Crippen LogP contribution in [0.5, 0.6) is 0 Å². The van der Waals surface area contributed by atoms with E-state index in [9.17, 15) is 9.59 Å². The number of ether oxygens (including phenoxy) is 2. The van der Waals surface area contributed by atoms with Crippen LogP contribution >= 0.6 is 11.8 Å². The van der Waals surface area contributed by atoms with E-state index in [0.29, 0.717) is 42.5 Å². The maximum absolute atomic E-state index is 11.7. The summed E-state index contributed by atoms with van der Waals surface area (Å²) < 4.78 is 15.1. The minimum Gasteiger partial charge on any atom is -0.468 e. The molecule has 1 atom stereocenters. The Morgan fingerprint density at radius 1 is 1.33 bits per heavy atom. The van der Waals surface area contributed by atoms with Gasteiger partial charge in [0, 0.05) is 0 Å². The maximum atomic E-state index is 11.7. The zero-order valence-corrected chi connectivity index (χ0v) is 13.1. The summed E-state index contributed by atoms with van der Waals surface area (Å²) in [7, 11) is 0. The van der Waals surface area contributed by atoms with Gasteiger partial charge in [-0.3, -0.25) is 4.79 Å². The van der Waals surface area contributed by atoms with Crippen molar-refractivity contribution < 1.29 is 23.5 Å². The molecule has 6 nitrogen and oxygen atoms in total. The highest BCUT2D eigenvalue weighted by molar-refractivity contribution is 7.98. The summed E-state index contributed by atoms with van der Waals surface area (Å²) in [6.07, 6.45) is 1.98. The van der Waals surface area contributed by atoms with Gasteiger partial charge in [0.25, 0.3) is 0 Å². The molecule has 118 valence electrons. The molecule has 0 saturated heterocycles. The molecule has 0 fully saturated rings. The van der Waals surface area contributed by atoms with E-state index < -0.39 is 6.04 Å². The van der Waals surface area contributed by atoms with Crippen LogP contribution in [0.25, 0.3) is 0 Å². The molecule has 2 N–H and O–H groups in total. The number of carbonyl (C=O) groups is 2. The van der Waals surface area contributed by atoms with Crippen LogP contribution in [-0.2, 0) is 20.0 Å². The third-order valence-corrected chi connectivity index (χ3v) is 3.63. The number of nitrogens with two attached hydrogens (primary N) is 1. The number of hydrogen-bond donors (Lipinski definition) is 1. The van der Waals surface area contributed by atoms with Crippen molar-refractivity contribution in [2.45, 2.75) is 32.1 Å². The molecule has 0 bridgehead atoms. The molecule has 1 heterocycles. The first-order valence-electron chi connectivity index (χ1n) is 6.83. The zero-order chi connectivity index (χ0) is 15.7. The van der Waals surface area contributed by atoms with Crippen LogP contribution in [0.15, 0.2) is 16.7 Å². The van der Waals surface area contributed by atoms with Crippen LogP contribution in [0.3, 0.4) is 0 Å². The third kappa shape index (κ3) is 5.81. The molecule has 1 aromatic heterocycles. The lowest BCUT2D eigenvalue weighted by Crippen LogP contribution is -2.32. The van der Waals surface area contributed by atoms with Crippen molar-refractivity contribution in [3.8, 4) is 0 Å². The fourth-order valence-corrected chi connectivity index (χ4v) is 2.56. The van der Waals surface area contributed by atoms with E-state index in [1.54, 1.807) is 19.9 Å². The molecule has 0 aliphatic carbocycles. The molecule has 7 heteroatoms. The average molecular weight is 315 g/mol. The first-order chi connectivity index (χ1) is 10.1. The molecule has 1 unspecified atom stereocenters. The SMILES string of the molecule is CCOC(=O)c1ccoc1CSCCC(N)C(=O)OCC. The molecule has 0 spiro atoms. The van der Waals surface area contributed by atoms with Crippen molar-refractivity contribution in [2.24, 2.45) is 5.73 Å². The van der Waals surface area contributed by atoms with E-state index in [-0.39, 0.29) is 11.9 Å². The summed E-state index contributed by atoms with van der Waals surface area (Å²) in [5.41, 5.74) is 6.14. The number of carbonyl (C=O) groups excluding carboxylic acids is 2. The number of furan rings is 1. The summed E-state index contributed by atoms with van der Waals surface area (Å²) in [6, 6.07) is 0.983. The Labute approximate surface area is 128 Å². The Morgan fingerprint density at radius 2 is 2.05 bits per heavy atom. The Kier molecular flexibility index (Phi) is 7.92. The molecule has 0 radical (unpaired) electrons. The van der Waals surface area contributed by atoms with Crippen LogP contribution in [0.4, 0.5) is 0 Å². The highest BCUT2D eigenvalue weighted by Crippen LogP contribution is 2.19. The molecular formula is C14H21NO5S. The predicted octanol–water partition coefficient (Wildman–Crippen LogP) is 1.97. The van der Waals surface area contributed by atoms with Crippen LogP contribution in [0.1, 0.15) is 36.4 Å². The van der Waals surface area contributed by atoms with E-state index in [0.717, 1.165) is 0 Å². The Hall–Kier alpha value is -1.47. The minimum absolute atomic E-state index is 0.324. The number of esters is 2. The first kappa shape index (κ1) is 17.6. The van der Waals surface area contributed by atoms with Crippen molar-refractivity contribution >= 4 is 23.7 Å². The first-order valence-corrected chi connectivity index (χ1v) is 7.99. The number of hydrogen-bond acceptors (Lipinski definition) is 7. The van der Waals surface area contributed by atoms with Gasteiger partial charge in [-0.25, -0.2) is 4.79 Å². The third-order valence-electron chi connectivity index (χ3n) is 2.64. The smallest absolute Gasteiger partial charge is 0.341 e. The Morgan fingerprint density at radius 3 is 2.71 bits per heavy atom. The second-order valence-corrected chi connectivity index (χ2v) is 5.28. The quantitative estimate of drug-likeness (QED) is 0.550. The van der Waals surface area contributed by atoms with Gasteiger partial charge in [0.15, 0.2) is 0 Å². The van der Waals surface area contributed by atoms with E-state index in [1.165, 1.54) is 18.0 Å². The normalized spacial score (nSPS) is 12.0. The van der Waals surface area contributed by atoms with Gasteiger partial charge in [-0.2, -0.15) is 11.8 Å². The topological polar surface area (TPSA) is 91.8 Å². The summed E-state index contributed by atoms with van der Waals surface area (Å²) in [6.45, 7) is 4.15. The molecule has 1 rings (SSSR count). The van der Waals surface area contributed by atoms with Crippen molar-refractivity contribution in [3.05, 3.63) is 23.7 Å². The van der Waals surface area contributed by atoms with E-state index in [1.807, 2.05) is 0 Å². The molecule has 1 aromatic rings. The van der Waals surface area contributed by atoms with E-state index in [4.69, 9.17) is 19.6 Å². The second-order valence-electron chi connectivity index (χ2n) is 4.18. The largest absolute Gasteiger partial charge is 0.468 e. The fourth-order valence-electron chi connectivity index (χ4n) is 1.59. The van der Waals surface area contributed by atoms with E-state index >= 15 is 0 Å². The highest BCUT2D eigenvalue weighted by atomic mass is 32.2. The highest BCUT2D eigenvalue weighted by Gasteiger charge is 2.17. The van der Waals surface area contributed by atoms with Crippen LogP contribution in [-0.4, -0.2) is 36.9 Å². The summed E-state index contributed by atoms with van der Waals surface area (Å²) in [5, 5.41) is 0. The standard InChI is InChI=1S/C14H21NO5S/c1-3-18-13(16)10-5-7-20-12(10)9-21-8-6-11(15)14(17)19-4-2/h5,7,11H,3-4,6,8-9,15H2,1-2H3. The Balaban J connectivity index is 2.35. The summed E-state index contributed by atoms with van der Waals surface area (Å²) in [5.74, 6) is 0.996. The lowest BCUT2D eigenvalue weighted by Gasteiger charge is -2.09. The van der Waals surface area contributed by atoms with E-state index in [2.05, 4.69) is 0 Å². The lowest BCUT2D eigenvalue weighted by atomic mass is 10.2. The minimum atomic E-state index is -0.612. The van der Waals surface area contributed by atoms with Gasteiger partial charge in [0.2, 0.25) is 0 Å². The summed E-state index contributed by atoms with van der Waals surface area (Å²) in [4.78, 5) is 23.0. The van der Waals surface area contributed by atoms with Gasteiger partial charge in [-0.15, -0.1) is 0 Å². The average Bonchev–Trinajstić information content (AvgIpc) is 2.92. The molecule has 21 heavy (non-hydrogen) atoms. The monoisotopic (exact) mass is 315 g/mol. The number of thioether (sulfide) groups is 1. The molecule has 0 aliphatic heterocycles. The van der Waals surface area contributed by atoms with Crippen molar-refractivity contribution in [2.75, 3.05) is 19.0 Å². The maximum Gasteiger partial charge on any atom is 0.341 e. The molecule has 0 aliphatic rings. The Bertz CT molecular complexity index is 460. The summed E-state index contributed by atoms with van der Waals surface area (Å²) >= 11 is 1.54. The lowest BCUT2D eigenvalue weighted by molar-refractivity contribution is -0.144. The van der Waals surface area contributed by atoms with Gasteiger partial charge in [0.05, 0.1) is 25.2 Å². The second kappa shape index (κ2) is 9.46. The predicted molar refractivity (Wildman–Crippen MR) is 80.1 cm³/mol. The fraction of sp³-hybridized carbons (Fsp3) is 0.571. The molecule has 0 amide bonds. The van der Waals surface area contributed by atoms with Gasteiger partial charge >= 0.3 is 11.9 Å².